The molecule has 24 heavy (non-hydrogen) atoms. The molecule has 2 heterocycles. The Hall–Kier alpha value is -2.05. The molecular formula is C17H27N3O4. The molecule has 1 saturated heterocycles. The number of nitrogens with zero attached hydrogens (tertiary/aromatic N) is 1. The highest BCUT2D eigenvalue weighted by Crippen LogP contribution is 2.21. The Morgan fingerprint density at radius 3 is 2.54 bits per heavy atom. The molecule has 0 aromatic carbocycles. The molecule has 7 heteroatoms. The maximum Gasteiger partial charge on any atom is 0.410 e. The molecule has 2 aliphatic heterocycles. The van der Waals surface area contributed by atoms with E-state index >= 15 is 0 Å². The van der Waals surface area contributed by atoms with Crippen molar-refractivity contribution in [2.75, 3.05) is 19.6 Å². The molecule has 3 amide bonds. The zero-order valence-corrected chi connectivity index (χ0v) is 14.7. The van der Waals surface area contributed by atoms with Gasteiger partial charge >= 0.3 is 6.09 Å². The molecule has 1 fully saturated rings. The first-order valence-corrected chi connectivity index (χ1v) is 8.51. The molecule has 0 radical (unpaired) electrons. The lowest BCUT2D eigenvalue weighted by atomic mass is 9.94. The summed E-state index contributed by atoms with van der Waals surface area (Å²) in [6, 6.07) is 0. The largest absolute Gasteiger partial charge is 0.444 e. The second kappa shape index (κ2) is 7.68. The van der Waals surface area contributed by atoms with Gasteiger partial charge in [-0.1, -0.05) is 0 Å². The van der Waals surface area contributed by atoms with Crippen molar-refractivity contribution >= 4 is 17.9 Å². The third kappa shape index (κ3) is 5.54. The lowest BCUT2D eigenvalue weighted by Gasteiger charge is -2.33. The van der Waals surface area contributed by atoms with Crippen LogP contribution in [0.4, 0.5) is 4.79 Å². The molecule has 0 spiro atoms. The summed E-state index contributed by atoms with van der Waals surface area (Å²) in [5.41, 5.74) is -0.123. The van der Waals surface area contributed by atoms with Crippen LogP contribution >= 0.6 is 0 Å². The van der Waals surface area contributed by atoms with Gasteiger partial charge in [0, 0.05) is 26.1 Å². The van der Waals surface area contributed by atoms with Gasteiger partial charge in [-0.2, -0.15) is 0 Å². The second-order valence-electron chi connectivity index (χ2n) is 7.33. The number of ether oxygens (including phenoxy) is 1. The van der Waals surface area contributed by atoms with Crippen molar-refractivity contribution in [2.45, 2.75) is 52.1 Å². The van der Waals surface area contributed by atoms with Crippen LogP contribution in [0.25, 0.3) is 0 Å². The molecule has 2 N–H and O–H groups in total. The normalized spacial score (nSPS) is 18.9. The van der Waals surface area contributed by atoms with Crippen LogP contribution in [0.5, 0.6) is 0 Å². The molecular weight excluding hydrogens is 310 g/mol. The molecule has 0 saturated carbocycles. The minimum absolute atomic E-state index is 0.144. The monoisotopic (exact) mass is 337 g/mol. The van der Waals surface area contributed by atoms with E-state index in [0.717, 1.165) is 19.3 Å². The van der Waals surface area contributed by atoms with E-state index in [2.05, 4.69) is 10.6 Å². The highest BCUT2D eigenvalue weighted by atomic mass is 16.6. The van der Waals surface area contributed by atoms with Crippen molar-refractivity contribution in [1.29, 1.82) is 0 Å². The van der Waals surface area contributed by atoms with Crippen molar-refractivity contribution < 1.29 is 19.1 Å². The molecule has 0 aromatic heterocycles. The van der Waals surface area contributed by atoms with Gasteiger partial charge in [-0.25, -0.2) is 4.79 Å². The van der Waals surface area contributed by atoms with Crippen LogP contribution in [0, 0.1) is 5.92 Å². The zero-order valence-electron chi connectivity index (χ0n) is 14.7. The number of hydrogen-bond donors (Lipinski definition) is 2. The molecule has 2 aliphatic rings. The molecule has 134 valence electrons. The van der Waals surface area contributed by atoms with Gasteiger partial charge in [0.2, 0.25) is 5.91 Å². The first-order valence-electron chi connectivity index (χ1n) is 8.51. The Balaban J connectivity index is 1.64. The van der Waals surface area contributed by atoms with Crippen molar-refractivity contribution in [2.24, 2.45) is 5.92 Å². The van der Waals surface area contributed by atoms with Gasteiger partial charge in [0.15, 0.2) is 0 Å². The smallest absolute Gasteiger partial charge is 0.410 e. The molecule has 7 nitrogen and oxygen atoms in total. The predicted octanol–water partition coefficient (Wildman–Crippen LogP) is 1.54. The van der Waals surface area contributed by atoms with Gasteiger partial charge in [0.1, 0.15) is 11.3 Å². The van der Waals surface area contributed by atoms with Crippen LogP contribution in [-0.2, 0) is 14.3 Å². The predicted molar refractivity (Wildman–Crippen MR) is 89.0 cm³/mol. The lowest BCUT2D eigenvalue weighted by molar-refractivity contribution is -0.122. The quantitative estimate of drug-likeness (QED) is 0.814. The van der Waals surface area contributed by atoms with Crippen LogP contribution < -0.4 is 10.6 Å². The van der Waals surface area contributed by atoms with Gasteiger partial charge in [-0.05, 0) is 52.0 Å². The summed E-state index contributed by atoms with van der Waals surface area (Å²) in [6.45, 7) is 7.54. The van der Waals surface area contributed by atoms with E-state index in [1.807, 2.05) is 20.8 Å². The first kappa shape index (κ1) is 18.3. The molecule has 0 aliphatic carbocycles. The van der Waals surface area contributed by atoms with E-state index in [1.54, 1.807) is 11.0 Å². The molecule has 0 bridgehead atoms. The Bertz CT molecular complexity index is 528. The van der Waals surface area contributed by atoms with Crippen LogP contribution in [0.3, 0.4) is 0 Å². The highest BCUT2D eigenvalue weighted by molar-refractivity contribution is 6.00. The SMILES string of the molecule is CC(C)(C)OC(=O)N1CCC(CCNC(=O)C2=CCC(=O)N2)CC1. The van der Waals surface area contributed by atoms with E-state index in [1.165, 1.54) is 0 Å². The van der Waals surface area contributed by atoms with Crippen LogP contribution in [0.1, 0.15) is 46.5 Å². The fourth-order valence-corrected chi connectivity index (χ4v) is 2.81. The summed E-state index contributed by atoms with van der Waals surface area (Å²) in [6.07, 6.45) is 4.32. The van der Waals surface area contributed by atoms with E-state index in [4.69, 9.17) is 4.74 Å². The van der Waals surface area contributed by atoms with Crippen molar-refractivity contribution in [1.82, 2.24) is 15.5 Å². The number of carbonyl (C=O) groups excluding carboxylic acids is 3. The van der Waals surface area contributed by atoms with E-state index in [9.17, 15) is 14.4 Å². The van der Waals surface area contributed by atoms with Gasteiger partial charge < -0.3 is 20.3 Å². The van der Waals surface area contributed by atoms with Crippen LogP contribution in [0.15, 0.2) is 11.8 Å². The number of carbonyl (C=O) groups is 3. The maximum absolute atomic E-state index is 12.0. The fraction of sp³-hybridized carbons (Fsp3) is 0.706. The zero-order chi connectivity index (χ0) is 17.7. The number of piperidine rings is 1. The number of likely N-dealkylation sites (tertiary alicyclic amines) is 1. The van der Waals surface area contributed by atoms with E-state index in [-0.39, 0.29) is 24.3 Å². The Kier molecular flexibility index (Phi) is 5.85. The van der Waals surface area contributed by atoms with Crippen molar-refractivity contribution in [3.8, 4) is 0 Å². The van der Waals surface area contributed by atoms with Crippen molar-refractivity contribution in [3.05, 3.63) is 11.8 Å². The number of hydrogen-bond acceptors (Lipinski definition) is 4. The van der Waals surface area contributed by atoms with E-state index < -0.39 is 5.60 Å². The second-order valence-corrected chi connectivity index (χ2v) is 7.33. The van der Waals surface area contributed by atoms with Crippen LogP contribution in [-0.4, -0.2) is 48.0 Å². The number of amides is 3. The number of nitrogens with one attached hydrogen (secondary N) is 2. The highest BCUT2D eigenvalue weighted by Gasteiger charge is 2.27. The lowest BCUT2D eigenvalue weighted by Crippen LogP contribution is -2.42. The summed E-state index contributed by atoms with van der Waals surface area (Å²) in [4.78, 5) is 36.7. The average Bonchev–Trinajstić information content (AvgIpc) is 2.93. The minimum atomic E-state index is -0.470. The third-order valence-corrected chi connectivity index (χ3v) is 4.11. The Morgan fingerprint density at radius 2 is 2.00 bits per heavy atom. The molecule has 0 atom stereocenters. The van der Waals surface area contributed by atoms with Crippen molar-refractivity contribution in [3.63, 3.8) is 0 Å². The maximum atomic E-state index is 12.0. The Labute approximate surface area is 142 Å². The molecule has 0 aromatic rings. The van der Waals surface area contributed by atoms with Gasteiger partial charge in [-0.15, -0.1) is 0 Å². The number of rotatable bonds is 4. The summed E-state index contributed by atoms with van der Waals surface area (Å²) in [5, 5.41) is 5.36. The summed E-state index contributed by atoms with van der Waals surface area (Å²) in [5.74, 6) is 0.109. The average molecular weight is 337 g/mol. The van der Waals surface area contributed by atoms with Gasteiger partial charge in [0.05, 0.1) is 0 Å². The third-order valence-electron chi connectivity index (χ3n) is 4.11. The fourth-order valence-electron chi connectivity index (χ4n) is 2.81. The van der Waals surface area contributed by atoms with Gasteiger partial charge in [0.25, 0.3) is 5.91 Å². The summed E-state index contributed by atoms with van der Waals surface area (Å²) < 4.78 is 5.38. The standard InChI is InChI=1S/C17H27N3O4/c1-17(2,3)24-16(23)20-10-7-12(8-11-20)6-9-18-15(22)13-4-5-14(21)19-13/h4,12H,5-11H2,1-3H3,(H,18,22)(H,19,21). The van der Waals surface area contributed by atoms with Crippen LogP contribution in [0.2, 0.25) is 0 Å². The topological polar surface area (TPSA) is 87.7 Å². The summed E-state index contributed by atoms with van der Waals surface area (Å²) in [7, 11) is 0. The Morgan fingerprint density at radius 1 is 1.33 bits per heavy atom. The first-order chi connectivity index (χ1) is 11.2. The minimum Gasteiger partial charge on any atom is -0.444 e. The van der Waals surface area contributed by atoms with E-state index in [0.29, 0.717) is 31.2 Å². The molecule has 0 unspecified atom stereocenters. The van der Waals surface area contributed by atoms with Gasteiger partial charge in [-0.3, -0.25) is 9.59 Å². The molecule has 2 rings (SSSR count). The summed E-state index contributed by atoms with van der Waals surface area (Å²) >= 11 is 0.